The van der Waals surface area contributed by atoms with Crippen LogP contribution in [0.5, 0.6) is 0 Å². The van der Waals surface area contributed by atoms with Gasteiger partial charge in [0.2, 0.25) is 0 Å². The first-order valence-electron chi connectivity index (χ1n) is 7.58. The maximum atomic E-state index is 12.9. The summed E-state index contributed by atoms with van der Waals surface area (Å²) >= 11 is 0. The van der Waals surface area contributed by atoms with Crippen molar-refractivity contribution in [3.8, 4) is 0 Å². The van der Waals surface area contributed by atoms with Gasteiger partial charge in [-0.2, -0.15) is 0 Å². The molecule has 2 unspecified atom stereocenters. The predicted octanol–water partition coefficient (Wildman–Crippen LogP) is 3.08. The van der Waals surface area contributed by atoms with Gasteiger partial charge in [0.25, 0.3) is 0 Å². The summed E-state index contributed by atoms with van der Waals surface area (Å²) in [7, 11) is 0. The van der Waals surface area contributed by atoms with Crippen LogP contribution < -0.4 is 5.32 Å². The molecule has 1 aliphatic heterocycles. The second kappa shape index (κ2) is 6.23. The van der Waals surface area contributed by atoms with Crippen LogP contribution in [0.25, 0.3) is 0 Å². The van der Waals surface area contributed by atoms with E-state index < -0.39 is 0 Å². The predicted molar refractivity (Wildman–Crippen MR) is 82.4 cm³/mol. The van der Waals surface area contributed by atoms with Crippen LogP contribution in [0.2, 0.25) is 0 Å². The van der Waals surface area contributed by atoms with E-state index in [0.717, 1.165) is 26.1 Å². The highest BCUT2D eigenvalue weighted by atomic mass is 19.1. The summed E-state index contributed by atoms with van der Waals surface area (Å²) in [6.45, 7) is 12.3. The average molecular weight is 278 g/mol. The lowest BCUT2D eigenvalue weighted by Gasteiger charge is -2.44. The number of nitrogens with one attached hydrogen (secondary N) is 1. The molecule has 2 nitrogen and oxygen atoms in total. The zero-order valence-electron chi connectivity index (χ0n) is 13.1. The van der Waals surface area contributed by atoms with Crippen molar-refractivity contribution < 1.29 is 4.39 Å². The summed E-state index contributed by atoms with van der Waals surface area (Å²) in [5, 5.41) is 3.65. The Balaban J connectivity index is 1.91. The molecular weight excluding hydrogens is 251 g/mol. The maximum absolute atomic E-state index is 12.9. The molecule has 0 aromatic heterocycles. The van der Waals surface area contributed by atoms with Gasteiger partial charge in [0.15, 0.2) is 0 Å². The molecule has 0 bridgehead atoms. The summed E-state index contributed by atoms with van der Waals surface area (Å²) in [6, 6.07) is 7.98. The molecule has 1 saturated heterocycles. The zero-order valence-corrected chi connectivity index (χ0v) is 13.1. The molecule has 0 saturated carbocycles. The molecular formula is C17H27FN2. The van der Waals surface area contributed by atoms with E-state index in [1.165, 1.54) is 5.56 Å². The Hall–Kier alpha value is -0.930. The lowest BCUT2D eigenvalue weighted by molar-refractivity contribution is 0.0948. The summed E-state index contributed by atoms with van der Waals surface area (Å²) in [6.07, 6.45) is 0.988. The highest BCUT2D eigenvalue weighted by Crippen LogP contribution is 2.23. The van der Waals surface area contributed by atoms with Gasteiger partial charge in [-0.25, -0.2) is 4.39 Å². The van der Waals surface area contributed by atoms with Crippen molar-refractivity contribution >= 4 is 0 Å². The fourth-order valence-electron chi connectivity index (χ4n) is 2.74. The van der Waals surface area contributed by atoms with E-state index in [1.807, 2.05) is 12.1 Å². The van der Waals surface area contributed by atoms with Crippen LogP contribution in [0.1, 0.15) is 33.3 Å². The number of benzene rings is 1. The Labute approximate surface area is 122 Å². The molecule has 20 heavy (non-hydrogen) atoms. The van der Waals surface area contributed by atoms with E-state index in [-0.39, 0.29) is 11.2 Å². The van der Waals surface area contributed by atoms with Gasteiger partial charge < -0.3 is 5.32 Å². The van der Waals surface area contributed by atoms with E-state index in [2.05, 4.69) is 37.9 Å². The Morgan fingerprint density at radius 1 is 1.25 bits per heavy atom. The van der Waals surface area contributed by atoms with E-state index in [9.17, 15) is 4.39 Å². The van der Waals surface area contributed by atoms with Crippen molar-refractivity contribution in [2.45, 2.75) is 46.2 Å². The van der Waals surface area contributed by atoms with Crippen molar-refractivity contribution in [3.05, 3.63) is 35.6 Å². The number of rotatable bonds is 3. The van der Waals surface area contributed by atoms with Crippen LogP contribution >= 0.6 is 0 Å². The highest BCUT2D eigenvalue weighted by Gasteiger charge is 2.31. The largest absolute Gasteiger partial charge is 0.311 e. The maximum Gasteiger partial charge on any atom is 0.123 e. The minimum absolute atomic E-state index is 0.155. The van der Waals surface area contributed by atoms with Crippen molar-refractivity contribution in [3.63, 3.8) is 0 Å². The van der Waals surface area contributed by atoms with Gasteiger partial charge in [-0.15, -0.1) is 0 Å². The van der Waals surface area contributed by atoms with Gasteiger partial charge in [-0.1, -0.05) is 32.9 Å². The molecule has 1 aromatic rings. The molecule has 1 aliphatic rings. The normalized spacial score (nSPS) is 24.9. The number of hydrogen-bond acceptors (Lipinski definition) is 2. The molecule has 0 aliphatic carbocycles. The Bertz CT molecular complexity index is 422. The average Bonchev–Trinajstić information content (AvgIpc) is 2.38. The molecule has 112 valence electrons. The minimum atomic E-state index is -0.155. The Kier molecular flexibility index (Phi) is 4.82. The molecule has 1 heterocycles. The number of halogens is 1. The molecule has 3 heteroatoms. The van der Waals surface area contributed by atoms with Crippen molar-refractivity contribution in [2.75, 3.05) is 19.6 Å². The number of piperazine rings is 1. The third kappa shape index (κ3) is 4.03. The molecule has 2 atom stereocenters. The highest BCUT2D eigenvalue weighted by molar-refractivity contribution is 5.16. The van der Waals surface area contributed by atoms with Crippen LogP contribution in [0.4, 0.5) is 4.39 Å². The third-order valence-electron chi connectivity index (χ3n) is 4.35. The Morgan fingerprint density at radius 2 is 1.90 bits per heavy atom. The summed E-state index contributed by atoms with van der Waals surface area (Å²) in [5.74, 6) is -0.155. The fraction of sp³-hybridized carbons (Fsp3) is 0.647. The van der Waals surface area contributed by atoms with Crippen molar-refractivity contribution in [1.82, 2.24) is 10.2 Å². The number of nitrogens with zero attached hydrogens (tertiary/aromatic N) is 1. The van der Waals surface area contributed by atoms with Gasteiger partial charge in [0.1, 0.15) is 5.82 Å². The molecule has 1 N–H and O–H groups in total. The first-order valence-corrected chi connectivity index (χ1v) is 7.58. The first-order chi connectivity index (χ1) is 9.36. The minimum Gasteiger partial charge on any atom is -0.311 e. The second-order valence-corrected chi connectivity index (χ2v) is 7.05. The summed E-state index contributed by atoms with van der Waals surface area (Å²) < 4.78 is 12.9. The van der Waals surface area contributed by atoms with E-state index in [4.69, 9.17) is 0 Å². The van der Waals surface area contributed by atoms with Crippen LogP contribution in [0.3, 0.4) is 0 Å². The SMILES string of the molecule is CC1CNC(C(C)(C)C)CN1CCc1ccc(F)cc1. The molecule has 1 fully saturated rings. The molecule has 1 aromatic carbocycles. The quantitative estimate of drug-likeness (QED) is 0.914. The molecule has 0 amide bonds. The zero-order chi connectivity index (χ0) is 14.8. The van der Waals surface area contributed by atoms with E-state index in [1.54, 1.807) is 12.1 Å². The van der Waals surface area contributed by atoms with Crippen LogP contribution in [-0.2, 0) is 6.42 Å². The van der Waals surface area contributed by atoms with Crippen molar-refractivity contribution in [1.29, 1.82) is 0 Å². The van der Waals surface area contributed by atoms with Gasteiger partial charge in [0, 0.05) is 31.7 Å². The van der Waals surface area contributed by atoms with Crippen LogP contribution in [-0.4, -0.2) is 36.6 Å². The monoisotopic (exact) mass is 278 g/mol. The lowest BCUT2D eigenvalue weighted by atomic mass is 9.84. The third-order valence-corrected chi connectivity index (χ3v) is 4.35. The smallest absolute Gasteiger partial charge is 0.123 e. The topological polar surface area (TPSA) is 15.3 Å². The standard InChI is InChI=1S/C17H27FN2/c1-13-11-19-16(17(2,3)4)12-20(13)10-9-14-5-7-15(18)8-6-14/h5-8,13,16,19H,9-12H2,1-4H3. The summed E-state index contributed by atoms with van der Waals surface area (Å²) in [4.78, 5) is 2.55. The van der Waals surface area contributed by atoms with Gasteiger partial charge in [0.05, 0.1) is 0 Å². The summed E-state index contributed by atoms with van der Waals surface area (Å²) in [5.41, 5.74) is 1.50. The Morgan fingerprint density at radius 3 is 2.50 bits per heavy atom. The van der Waals surface area contributed by atoms with Gasteiger partial charge >= 0.3 is 0 Å². The molecule has 2 rings (SSSR count). The second-order valence-electron chi connectivity index (χ2n) is 7.05. The number of hydrogen-bond donors (Lipinski definition) is 1. The first kappa shape index (κ1) is 15.5. The van der Waals surface area contributed by atoms with Gasteiger partial charge in [-0.3, -0.25) is 4.90 Å². The van der Waals surface area contributed by atoms with E-state index >= 15 is 0 Å². The fourth-order valence-corrected chi connectivity index (χ4v) is 2.74. The van der Waals surface area contributed by atoms with Crippen LogP contribution in [0, 0.1) is 11.2 Å². The van der Waals surface area contributed by atoms with Gasteiger partial charge in [-0.05, 0) is 36.5 Å². The van der Waals surface area contributed by atoms with Crippen LogP contribution in [0.15, 0.2) is 24.3 Å². The molecule has 0 radical (unpaired) electrons. The molecule has 0 spiro atoms. The van der Waals surface area contributed by atoms with Crippen molar-refractivity contribution in [2.24, 2.45) is 5.41 Å². The lowest BCUT2D eigenvalue weighted by Crippen LogP contribution is -2.59. The van der Waals surface area contributed by atoms with E-state index in [0.29, 0.717) is 12.1 Å².